The number of benzene rings is 3. The number of halogens is 1. The van der Waals surface area contributed by atoms with E-state index < -0.39 is 0 Å². The summed E-state index contributed by atoms with van der Waals surface area (Å²) < 4.78 is 11.8. The number of nitrogens with one attached hydrogen (secondary N) is 1. The van der Waals surface area contributed by atoms with E-state index in [0.717, 1.165) is 16.8 Å². The summed E-state index contributed by atoms with van der Waals surface area (Å²) in [7, 11) is 0. The molecule has 0 atom stereocenters. The Morgan fingerprint density at radius 2 is 1.57 bits per heavy atom. The molecule has 0 aliphatic rings. The highest BCUT2D eigenvalue weighted by molar-refractivity contribution is 6.31. The standard InChI is InChI=1S/C24H26ClNO2/c1-4-27-23-13-20(15-26-21-11-9-17(2)10-12-21)22(25)14-24(23)28-16-19-8-6-5-7-18(19)3/h5-14,26H,4,15-16H2,1-3H3. The third-order valence-corrected chi connectivity index (χ3v) is 4.94. The summed E-state index contributed by atoms with van der Waals surface area (Å²) in [5.74, 6) is 1.37. The molecule has 0 saturated carbocycles. The van der Waals surface area contributed by atoms with Crippen molar-refractivity contribution in [1.82, 2.24) is 0 Å². The van der Waals surface area contributed by atoms with Gasteiger partial charge in [0, 0.05) is 23.3 Å². The van der Waals surface area contributed by atoms with Gasteiger partial charge in [-0.05, 0) is 55.7 Å². The molecule has 0 unspecified atom stereocenters. The van der Waals surface area contributed by atoms with Crippen molar-refractivity contribution in [2.75, 3.05) is 11.9 Å². The van der Waals surface area contributed by atoms with Crippen molar-refractivity contribution in [3.63, 3.8) is 0 Å². The third-order valence-electron chi connectivity index (χ3n) is 4.59. The summed E-state index contributed by atoms with van der Waals surface area (Å²) in [6, 6.07) is 20.3. The van der Waals surface area contributed by atoms with E-state index in [0.29, 0.717) is 36.3 Å². The van der Waals surface area contributed by atoms with Crippen LogP contribution in [0.4, 0.5) is 5.69 Å². The lowest BCUT2D eigenvalue weighted by molar-refractivity contribution is 0.268. The molecule has 1 N–H and O–H groups in total. The molecule has 3 nitrogen and oxygen atoms in total. The van der Waals surface area contributed by atoms with E-state index in [9.17, 15) is 0 Å². The molecule has 0 aliphatic heterocycles. The van der Waals surface area contributed by atoms with Gasteiger partial charge >= 0.3 is 0 Å². The SMILES string of the molecule is CCOc1cc(CNc2ccc(C)cc2)c(Cl)cc1OCc1ccccc1C. The molecule has 0 aromatic heterocycles. The van der Waals surface area contributed by atoms with Crippen molar-refractivity contribution < 1.29 is 9.47 Å². The van der Waals surface area contributed by atoms with Crippen molar-refractivity contribution in [2.24, 2.45) is 0 Å². The largest absolute Gasteiger partial charge is 0.490 e. The van der Waals surface area contributed by atoms with Crippen LogP contribution in [-0.2, 0) is 13.2 Å². The molecule has 0 fully saturated rings. The second-order valence-electron chi connectivity index (χ2n) is 6.76. The predicted molar refractivity (Wildman–Crippen MR) is 117 cm³/mol. The summed E-state index contributed by atoms with van der Waals surface area (Å²) in [5, 5.41) is 4.06. The normalized spacial score (nSPS) is 10.6. The zero-order valence-corrected chi connectivity index (χ0v) is 17.3. The zero-order valence-electron chi connectivity index (χ0n) is 16.6. The molecule has 0 saturated heterocycles. The van der Waals surface area contributed by atoms with Crippen LogP contribution in [0.15, 0.2) is 60.7 Å². The maximum absolute atomic E-state index is 6.53. The Morgan fingerprint density at radius 1 is 0.857 bits per heavy atom. The second-order valence-corrected chi connectivity index (χ2v) is 7.17. The first-order chi connectivity index (χ1) is 13.6. The predicted octanol–water partition coefficient (Wildman–Crippen LogP) is 6.55. The fourth-order valence-electron chi connectivity index (χ4n) is 2.89. The first kappa shape index (κ1) is 20.1. The molecular formula is C24H26ClNO2. The lowest BCUT2D eigenvalue weighted by Crippen LogP contribution is -2.04. The summed E-state index contributed by atoms with van der Waals surface area (Å²) >= 11 is 6.53. The molecule has 0 spiro atoms. The van der Waals surface area contributed by atoms with E-state index in [1.165, 1.54) is 11.1 Å². The molecule has 3 aromatic carbocycles. The molecule has 4 heteroatoms. The van der Waals surface area contributed by atoms with E-state index in [1.54, 1.807) is 0 Å². The monoisotopic (exact) mass is 395 g/mol. The fraction of sp³-hybridized carbons (Fsp3) is 0.250. The number of hydrogen-bond acceptors (Lipinski definition) is 3. The lowest BCUT2D eigenvalue weighted by Gasteiger charge is -2.16. The van der Waals surface area contributed by atoms with Gasteiger partial charge in [-0.2, -0.15) is 0 Å². The summed E-state index contributed by atoms with van der Waals surface area (Å²) in [5.41, 5.74) is 5.60. The Labute approximate surface area is 172 Å². The molecule has 0 heterocycles. The third kappa shape index (κ3) is 5.20. The Kier molecular flexibility index (Phi) is 6.83. The highest BCUT2D eigenvalue weighted by atomic mass is 35.5. The van der Waals surface area contributed by atoms with E-state index >= 15 is 0 Å². The average molecular weight is 396 g/mol. The van der Waals surface area contributed by atoms with Crippen LogP contribution in [0.1, 0.15) is 29.2 Å². The first-order valence-corrected chi connectivity index (χ1v) is 9.87. The smallest absolute Gasteiger partial charge is 0.163 e. The molecule has 0 bridgehead atoms. The molecular weight excluding hydrogens is 370 g/mol. The van der Waals surface area contributed by atoms with Crippen LogP contribution in [0.3, 0.4) is 0 Å². The van der Waals surface area contributed by atoms with Gasteiger partial charge in [0.25, 0.3) is 0 Å². The van der Waals surface area contributed by atoms with Crippen molar-refractivity contribution in [1.29, 1.82) is 0 Å². The maximum Gasteiger partial charge on any atom is 0.163 e. The van der Waals surface area contributed by atoms with Gasteiger partial charge < -0.3 is 14.8 Å². The Morgan fingerprint density at radius 3 is 2.29 bits per heavy atom. The van der Waals surface area contributed by atoms with Crippen LogP contribution < -0.4 is 14.8 Å². The van der Waals surface area contributed by atoms with Gasteiger partial charge in [0.15, 0.2) is 11.5 Å². The quantitative estimate of drug-likeness (QED) is 0.469. The van der Waals surface area contributed by atoms with Gasteiger partial charge in [0.1, 0.15) is 6.61 Å². The van der Waals surface area contributed by atoms with Gasteiger partial charge in [0.05, 0.1) is 6.61 Å². The zero-order chi connectivity index (χ0) is 19.9. The van der Waals surface area contributed by atoms with Gasteiger partial charge in [-0.1, -0.05) is 53.6 Å². The van der Waals surface area contributed by atoms with E-state index in [-0.39, 0.29) is 0 Å². The molecule has 3 rings (SSSR count). The molecule has 0 amide bonds. The highest BCUT2D eigenvalue weighted by Crippen LogP contribution is 2.34. The van der Waals surface area contributed by atoms with Gasteiger partial charge in [-0.25, -0.2) is 0 Å². The molecule has 28 heavy (non-hydrogen) atoms. The Bertz CT molecular complexity index is 922. The Balaban J connectivity index is 1.75. The van der Waals surface area contributed by atoms with Crippen LogP contribution in [0, 0.1) is 13.8 Å². The molecule has 0 radical (unpaired) electrons. The second kappa shape index (κ2) is 9.52. The number of hydrogen-bond donors (Lipinski definition) is 1. The van der Waals surface area contributed by atoms with Crippen molar-refractivity contribution in [3.8, 4) is 11.5 Å². The van der Waals surface area contributed by atoms with E-state index in [4.69, 9.17) is 21.1 Å². The van der Waals surface area contributed by atoms with Crippen LogP contribution in [0.25, 0.3) is 0 Å². The average Bonchev–Trinajstić information content (AvgIpc) is 2.69. The first-order valence-electron chi connectivity index (χ1n) is 9.50. The van der Waals surface area contributed by atoms with Crippen LogP contribution in [-0.4, -0.2) is 6.61 Å². The fourth-order valence-corrected chi connectivity index (χ4v) is 3.11. The van der Waals surface area contributed by atoms with Gasteiger partial charge in [-0.15, -0.1) is 0 Å². The maximum atomic E-state index is 6.53. The van der Waals surface area contributed by atoms with Crippen molar-refractivity contribution >= 4 is 17.3 Å². The van der Waals surface area contributed by atoms with Gasteiger partial charge in [0.2, 0.25) is 0 Å². The molecule has 0 aliphatic carbocycles. The minimum Gasteiger partial charge on any atom is -0.490 e. The minimum absolute atomic E-state index is 0.476. The van der Waals surface area contributed by atoms with E-state index in [1.807, 2.05) is 31.2 Å². The molecule has 3 aromatic rings. The number of ether oxygens (including phenoxy) is 2. The highest BCUT2D eigenvalue weighted by Gasteiger charge is 2.12. The van der Waals surface area contributed by atoms with Crippen LogP contribution >= 0.6 is 11.6 Å². The summed E-state index contributed by atoms with van der Waals surface area (Å²) in [4.78, 5) is 0. The molecule has 146 valence electrons. The Hall–Kier alpha value is -2.65. The summed E-state index contributed by atoms with van der Waals surface area (Å²) in [6.07, 6.45) is 0. The topological polar surface area (TPSA) is 30.5 Å². The van der Waals surface area contributed by atoms with Crippen molar-refractivity contribution in [3.05, 3.63) is 87.9 Å². The van der Waals surface area contributed by atoms with Crippen LogP contribution in [0.5, 0.6) is 11.5 Å². The number of rotatable bonds is 8. The van der Waals surface area contributed by atoms with Crippen molar-refractivity contribution in [2.45, 2.75) is 33.9 Å². The van der Waals surface area contributed by atoms with Crippen LogP contribution in [0.2, 0.25) is 5.02 Å². The lowest BCUT2D eigenvalue weighted by atomic mass is 10.1. The number of aryl methyl sites for hydroxylation is 2. The summed E-state index contributed by atoms with van der Waals surface area (Å²) in [6.45, 7) is 7.76. The van der Waals surface area contributed by atoms with E-state index in [2.05, 4.69) is 55.6 Å². The number of anilines is 1. The van der Waals surface area contributed by atoms with Gasteiger partial charge in [-0.3, -0.25) is 0 Å². The minimum atomic E-state index is 0.476.